The van der Waals surface area contributed by atoms with Gasteiger partial charge in [-0.2, -0.15) is 5.10 Å². The van der Waals surface area contributed by atoms with Crippen molar-refractivity contribution in [2.24, 2.45) is 5.73 Å². The fraction of sp³-hybridized carbons (Fsp3) is 0.300. The number of H-pyrrole nitrogens is 1. The molecule has 1 amide bonds. The minimum atomic E-state index is -0.0763. The Labute approximate surface area is 91.4 Å². The molecule has 6 heteroatoms. The van der Waals surface area contributed by atoms with Gasteiger partial charge in [0.25, 0.3) is 0 Å². The van der Waals surface area contributed by atoms with Crippen LogP contribution in [-0.4, -0.2) is 33.7 Å². The molecule has 1 saturated heterocycles. The van der Waals surface area contributed by atoms with Crippen LogP contribution < -0.4 is 10.6 Å². The second-order valence-corrected chi connectivity index (χ2v) is 3.97. The van der Waals surface area contributed by atoms with E-state index in [1.807, 2.05) is 6.07 Å². The van der Waals surface area contributed by atoms with Gasteiger partial charge in [-0.1, -0.05) is 0 Å². The molecule has 2 aromatic heterocycles. The van der Waals surface area contributed by atoms with E-state index in [4.69, 9.17) is 5.73 Å². The number of nitrogens with one attached hydrogen (secondary N) is 1. The molecule has 6 nitrogen and oxygen atoms in total. The largest absolute Gasteiger partial charge is 0.326 e. The van der Waals surface area contributed by atoms with Gasteiger partial charge in [0.2, 0.25) is 5.91 Å². The molecule has 16 heavy (non-hydrogen) atoms. The fourth-order valence-electron chi connectivity index (χ4n) is 1.96. The van der Waals surface area contributed by atoms with Crippen molar-refractivity contribution in [1.29, 1.82) is 0 Å². The van der Waals surface area contributed by atoms with E-state index in [1.54, 1.807) is 17.3 Å². The highest BCUT2D eigenvalue weighted by Gasteiger charge is 2.28. The molecule has 2 aromatic rings. The first-order valence-corrected chi connectivity index (χ1v) is 5.09. The van der Waals surface area contributed by atoms with Crippen LogP contribution in [-0.2, 0) is 4.79 Å². The quantitative estimate of drug-likeness (QED) is 0.705. The van der Waals surface area contributed by atoms with E-state index in [9.17, 15) is 4.79 Å². The summed E-state index contributed by atoms with van der Waals surface area (Å²) in [5, 5.41) is 7.55. The molecule has 1 atom stereocenters. The van der Waals surface area contributed by atoms with Crippen LogP contribution in [0.5, 0.6) is 0 Å². The predicted molar refractivity (Wildman–Crippen MR) is 58.8 cm³/mol. The van der Waals surface area contributed by atoms with Gasteiger partial charge in [0.1, 0.15) is 0 Å². The lowest BCUT2D eigenvalue weighted by Gasteiger charge is -2.15. The topological polar surface area (TPSA) is 87.9 Å². The van der Waals surface area contributed by atoms with E-state index < -0.39 is 0 Å². The highest BCUT2D eigenvalue weighted by atomic mass is 16.2. The van der Waals surface area contributed by atoms with Gasteiger partial charge in [-0.3, -0.25) is 9.89 Å². The number of aromatic amines is 1. The average Bonchev–Trinajstić information content (AvgIpc) is 2.83. The summed E-state index contributed by atoms with van der Waals surface area (Å²) in [6, 6.07) is 1.81. The van der Waals surface area contributed by atoms with Crippen molar-refractivity contribution in [3.63, 3.8) is 0 Å². The number of amides is 1. The van der Waals surface area contributed by atoms with Crippen molar-refractivity contribution in [2.45, 2.75) is 12.5 Å². The van der Waals surface area contributed by atoms with E-state index in [0.717, 1.165) is 16.7 Å². The van der Waals surface area contributed by atoms with Crippen molar-refractivity contribution < 1.29 is 4.79 Å². The molecule has 0 spiro atoms. The van der Waals surface area contributed by atoms with Crippen LogP contribution in [0.25, 0.3) is 11.0 Å². The van der Waals surface area contributed by atoms with Crippen molar-refractivity contribution in [3.8, 4) is 0 Å². The van der Waals surface area contributed by atoms with Crippen molar-refractivity contribution in [3.05, 3.63) is 18.5 Å². The SMILES string of the molecule is NC1CC(=O)N(c2cnc3[nH]ncc3c2)C1. The minimum absolute atomic E-state index is 0.0529. The van der Waals surface area contributed by atoms with Gasteiger partial charge >= 0.3 is 0 Å². The number of rotatable bonds is 1. The average molecular weight is 217 g/mol. The first-order chi connectivity index (χ1) is 7.74. The highest BCUT2D eigenvalue weighted by molar-refractivity contribution is 5.97. The maximum absolute atomic E-state index is 11.7. The Morgan fingerprint density at radius 3 is 3.12 bits per heavy atom. The van der Waals surface area contributed by atoms with Gasteiger partial charge in [-0.05, 0) is 6.07 Å². The summed E-state index contributed by atoms with van der Waals surface area (Å²) >= 11 is 0. The molecule has 0 radical (unpaired) electrons. The van der Waals surface area contributed by atoms with E-state index >= 15 is 0 Å². The van der Waals surface area contributed by atoms with Crippen molar-refractivity contribution >= 4 is 22.6 Å². The Balaban J connectivity index is 2.02. The Bertz CT molecular complexity index is 549. The Kier molecular flexibility index (Phi) is 1.90. The Morgan fingerprint density at radius 1 is 1.50 bits per heavy atom. The summed E-state index contributed by atoms with van der Waals surface area (Å²) in [5.41, 5.74) is 7.25. The maximum atomic E-state index is 11.7. The molecule has 3 N–H and O–H groups in total. The number of carbonyl (C=O) groups excluding carboxylic acids is 1. The zero-order valence-electron chi connectivity index (χ0n) is 8.55. The van der Waals surface area contributed by atoms with E-state index in [-0.39, 0.29) is 11.9 Å². The molecule has 0 aromatic carbocycles. The van der Waals surface area contributed by atoms with E-state index in [1.165, 1.54) is 0 Å². The zero-order valence-corrected chi connectivity index (χ0v) is 8.55. The fourth-order valence-corrected chi connectivity index (χ4v) is 1.96. The van der Waals surface area contributed by atoms with Crippen molar-refractivity contribution in [1.82, 2.24) is 15.2 Å². The third-order valence-electron chi connectivity index (χ3n) is 2.74. The number of hydrogen-bond donors (Lipinski definition) is 2. The first-order valence-electron chi connectivity index (χ1n) is 5.09. The van der Waals surface area contributed by atoms with Gasteiger partial charge in [0, 0.05) is 24.4 Å². The van der Waals surface area contributed by atoms with Crippen LogP contribution >= 0.6 is 0 Å². The lowest BCUT2D eigenvalue weighted by molar-refractivity contribution is -0.117. The van der Waals surface area contributed by atoms with Crippen LogP contribution in [0.15, 0.2) is 18.5 Å². The molecular weight excluding hydrogens is 206 g/mol. The third-order valence-corrected chi connectivity index (χ3v) is 2.74. The minimum Gasteiger partial charge on any atom is -0.326 e. The second kappa shape index (κ2) is 3.28. The number of nitrogens with zero attached hydrogens (tertiary/aromatic N) is 3. The molecule has 3 heterocycles. The van der Waals surface area contributed by atoms with Crippen LogP contribution in [0.2, 0.25) is 0 Å². The maximum Gasteiger partial charge on any atom is 0.228 e. The van der Waals surface area contributed by atoms with Crippen LogP contribution in [0.3, 0.4) is 0 Å². The Morgan fingerprint density at radius 2 is 2.38 bits per heavy atom. The number of nitrogens with two attached hydrogens (primary N) is 1. The normalized spacial score (nSPS) is 20.9. The highest BCUT2D eigenvalue weighted by Crippen LogP contribution is 2.22. The number of anilines is 1. The first kappa shape index (κ1) is 9.29. The van der Waals surface area contributed by atoms with Crippen molar-refractivity contribution in [2.75, 3.05) is 11.4 Å². The molecule has 1 unspecified atom stereocenters. The molecule has 0 saturated carbocycles. The van der Waals surface area contributed by atoms with E-state index in [0.29, 0.717) is 13.0 Å². The lowest BCUT2D eigenvalue weighted by atomic mass is 10.3. The number of hydrogen-bond acceptors (Lipinski definition) is 4. The van der Waals surface area contributed by atoms with Crippen LogP contribution in [0.4, 0.5) is 5.69 Å². The summed E-state index contributed by atoms with van der Waals surface area (Å²) in [6.07, 6.45) is 3.76. The summed E-state index contributed by atoms with van der Waals surface area (Å²) < 4.78 is 0. The summed E-state index contributed by atoms with van der Waals surface area (Å²) in [5.74, 6) is 0.0529. The molecule has 1 fully saturated rings. The molecule has 3 rings (SSSR count). The Hall–Kier alpha value is -1.95. The monoisotopic (exact) mass is 217 g/mol. The zero-order chi connectivity index (χ0) is 11.1. The standard InChI is InChI=1S/C10H11N5O/c11-7-2-9(16)15(5-7)8-1-6-3-13-14-10(6)12-4-8/h1,3-4,7H,2,5,11H2,(H,12,13,14). The van der Waals surface area contributed by atoms with Gasteiger partial charge in [-0.25, -0.2) is 4.98 Å². The molecule has 1 aliphatic rings. The molecule has 1 aliphatic heterocycles. The predicted octanol–water partition coefficient (Wildman–Crippen LogP) is 0.0219. The number of aromatic nitrogens is 3. The molecule has 0 aliphatic carbocycles. The van der Waals surface area contributed by atoms with E-state index in [2.05, 4.69) is 15.2 Å². The van der Waals surface area contributed by atoms with Gasteiger partial charge in [-0.15, -0.1) is 0 Å². The molecule has 0 bridgehead atoms. The summed E-state index contributed by atoms with van der Waals surface area (Å²) in [4.78, 5) is 17.5. The third kappa shape index (κ3) is 1.35. The molecule has 82 valence electrons. The van der Waals surface area contributed by atoms with Gasteiger partial charge in [0.15, 0.2) is 5.65 Å². The summed E-state index contributed by atoms with van der Waals surface area (Å²) in [7, 11) is 0. The van der Waals surface area contributed by atoms with Gasteiger partial charge < -0.3 is 10.6 Å². The van der Waals surface area contributed by atoms with Crippen LogP contribution in [0.1, 0.15) is 6.42 Å². The number of pyridine rings is 1. The second-order valence-electron chi connectivity index (χ2n) is 3.97. The number of carbonyl (C=O) groups is 1. The van der Waals surface area contributed by atoms with Gasteiger partial charge in [0.05, 0.1) is 18.1 Å². The number of fused-ring (bicyclic) bond motifs is 1. The summed E-state index contributed by atoms with van der Waals surface area (Å²) in [6.45, 7) is 0.559. The smallest absolute Gasteiger partial charge is 0.228 e. The van der Waals surface area contributed by atoms with Crippen LogP contribution in [0, 0.1) is 0 Å². The lowest BCUT2D eigenvalue weighted by Crippen LogP contribution is -2.27. The molecular formula is C10H11N5O.